The molecule has 0 aliphatic carbocycles. The molecule has 0 spiro atoms. The molecule has 8 heteroatoms. The molecule has 146 valence electrons. The third kappa shape index (κ3) is 4.59. The molecule has 1 aliphatic heterocycles. The van der Waals surface area contributed by atoms with Gasteiger partial charge in [-0.15, -0.1) is 0 Å². The lowest BCUT2D eigenvalue weighted by molar-refractivity contribution is -0.136. The highest BCUT2D eigenvalue weighted by molar-refractivity contribution is 6.40. The summed E-state index contributed by atoms with van der Waals surface area (Å²) in [5, 5.41) is 7.78. The van der Waals surface area contributed by atoms with Crippen LogP contribution in [0.3, 0.4) is 0 Å². The van der Waals surface area contributed by atoms with Gasteiger partial charge in [-0.25, -0.2) is 0 Å². The molecule has 0 atom stereocenters. The van der Waals surface area contributed by atoms with Crippen LogP contribution < -0.4 is 25.4 Å². The molecular formula is C20H21N3O5. The van der Waals surface area contributed by atoms with Crippen molar-refractivity contribution in [3.63, 3.8) is 0 Å². The topological polar surface area (TPSA) is 106 Å². The van der Waals surface area contributed by atoms with Gasteiger partial charge < -0.3 is 25.4 Å². The number of amides is 3. The van der Waals surface area contributed by atoms with Gasteiger partial charge in [0.05, 0.1) is 11.3 Å². The Morgan fingerprint density at radius 1 is 1.00 bits per heavy atom. The van der Waals surface area contributed by atoms with E-state index in [2.05, 4.69) is 16.0 Å². The largest absolute Gasteiger partial charge is 0.454 e. The number of benzene rings is 2. The first-order chi connectivity index (χ1) is 13.4. The van der Waals surface area contributed by atoms with Crippen molar-refractivity contribution in [2.75, 3.05) is 12.1 Å². The first-order valence-electron chi connectivity index (χ1n) is 8.81. The Balaban J connectivity index is 1.65. The Bertz CT molecular complexity index is 910. The van der Waals surface area contributed by atoms with Gasteiger partial charge in [0.2, 0.25) is 6.79 Å². The number of para-hydroxylation sites is 1. The van der Waals surface area contributed by atoms with E-state index in [1.807, 2.05) is 6.07 Å². The Kier molecular flexibility index (Phi) is 5.78. The SMILES string of the molecule is CC(C)NC(=O)C(=O)Nc1ccccc1C(=O)NCc1ccc2c(c1)OCO2. The molecule has 0 fully saturated rings. The molecule has 8 nitrogen and oxygen atoms in total. The van der Waals surface area contributed by atoms with Crippen LogP contribution in [0.5, 0.6) is 11.5 Å². The quantitative estimate of drug-likeness (QED) is 0.683. The van der Waals surface area contributed by atoms with Crippen LogP contribution in [0.1, 0.15) is 29.8 Å². The first-order valence-corrected chi connectivity index (χ1v) is 8.81. The molecule has 3 N–H and O–H groups in total. The summed E-state index contributed by atoms with van der Waals surface area (Å²) in [7, 11) is 0. The van der Waals surface area contributed by atoms with E-state index in [-0.39, 0.29) is 36.5 Å². The van der Waals surface area contributed by atoms with Crippen molar-refractivity contribution in [3.05, 3.63) is 53.6 Å². The maximum absolute atomic E-state index is 12.6. The lowest BCUT2D eigenvalue weighted by atomic mass is 10.1. The number of ether oxygens (including phenoxy) is 2. The fourth-order valence-electron chi connectivity index (χ4n) is 2.63. The van der Waals surface area contributed by atoms with E-state index >= 15 is 0 Å². The van der Waals surface area contributed by atoms with Gasteiger partial charge in [0.25, 0.3) is 5.91 Å². The predicted molar refractivity (Wildman–Crippen MR) is 102 cm³/mol. The summed E-state index contributed by atoms with van der Waals surface area (Å²) >= 11 is 0. The van der Waals surface area contributed by atoms with Crippen molar-refractivity contribution in [2.24, 2.45) is 0 Å². The molecule has 1 heterocycles. The van der Waals surface area contributed by atoms with Crippen molar-refractivity contribution in [1.82, 2.24) is 10.6 Å². The van der Waals surface area contributed by atoms with E-state index in [0.29, 0.717) is 11.5 Å². The maximum Gasteiger partial charge on any atom is 0.313 e. The molecule has 0 bridgehead atoms. The maximum atomic E-state index is 12.6. The zero-order valence-electron chi connectivity index (χ0n) is 15.6. The van der Waals surface area contributed by atoms with Crippen molar-refractivity contribution in [1.29, 1.82) is 0 Å². The van der Waals surface area contributed by atoms with Crippen molar-refractivity contribution >= 4 is 23.4 Å². The van der Waals surface area contributed by atoms with E-state index in [4.69, 9.17) is 9.47 Å². The third-order valence-corrected chi connectivity index (χ3v) is 3.94. The smallest absolute Gasteiger partial charge is 0.313 e. The summed E-state index contributed by atoms with van der Waals surface area (Å²) in [6, 6.07) is 11.7. The van der Waals surface area contributed by atoms with Crippen molar-refractivity contribution < 1.29 is 23.9 Å². The summed E-state index contributed by atoms with van der Waals surface area (Å²) in [6.07, 6.45) is 0. The molecule has 0 saturated carbocycles. The van der Waals surface area contributed by atoms with Crippen LogP contribution >= 0.6 is 0 Å². The average Bonchev–Trinajstić information content (AvgIpc) is 3.13. The second-order valence-corrected chi connectivity index (χ2v) is 6.50. The van der Waals surface area contributed by atoms with Crippen molar-refractivity contribution in [3.8, 4) is 11.5 Å². The minimum Gasteiger partial charge on any atom is -0.454 e. The molecule has 0 unspecified atom stereocenters. The summed E-state index contributed by atoms with van der Waals surface area (Å²) in [5.74, 6) is -0.661. The van der Waals surface area contributed by atoms with E-state index in [1.165, 1.54) is 0 Å². The molecule has 2 aromatic carbocycles. The molecule has 0 aromatic heterocycles. The number of rotatable bonds is 5. The average molecular weight is 383 g/mol. The fourth-order valence-corrected chi connectivity index (χ4v) is 2.63. The first kappa shape index (κ1) is 19.2. The molecule has 0 saturated heterocycles. The Hall–Kier alpha value is -3.55. The van der Waals surface area contributed by atoms with Gasteiger partial charge in [-0.3, -0.25) is 14.4 Å². The number of fused-ring (bicyclic) bond motifs is 1. The highest BCUT2D eigenvalue weighted by Gasteiger charge is 2.19. The lowest BCUT2D eigenvalue weighted by Crippen LogP contribution is -2.39. The van der Waals surface area contributed by atoms with Gasteiger partial charge in [0, 0.05) is 12.6 Å². The van der Waals surface area contributed by atoms with Gasteiger partial charge in [0.15, 0.2) is 11.5 Å². The highest BCUT2D eigenvalue weighted by Crippen LogP contribution is 2.32. The highest BCUT2D eigenvalue weighted by atomic mass is 16.7. The number of carbonyl (C=O) groups is 3. The molecule has 28 heavy (non-hydrogen) atoms. The predicted octanol–water partition coefficient (Wildman–Crippen LogP) is 1.81. The van der Waals surface area contributed by atoms with Gasteiger partial charge in [-0.1, -0.05) is 18.2 Å². The summed E-state index contributed by atoms with van der Waals surface area (Å²) in [6.45, 7) is 3.96. The molecule has 3 amide bonds. The van der Waals surface area contributed by atoms with Gasteiger partial charge in [-0.2, -0.15) is 0 Å². The Morgan fingerprint density at radius 2 is 1.75 bits per heavy atom. The van der Waals surface area contributed by atoms with Crippen LogP contribution in [0.4, 0.5) is 5.69 Å². The summed E-state index contributed by atoms with van der Waals surface area (Å²) in [4.78, 5) is 36.4. The van der Waals surface area contributed by atoms with E-state index in [1.54, 1.807) is 50.2 Å². The van der Waals surface area contributed by atoms with E-state index < -0.39 is 11.8 Å². The number of hydrogen-bond donors (Lipinski definition) is 3. The van der Waals surface area contributed by atoms with Gasteiger partial charge in [-0.05, 0) is 43.7 Å². The monoisotopic (exact) mass is 383 g/mol. The fraction of sp³-hybridized carbons (Fsp3) is 0.250. The molecule has 1 aliphatic rings. The van der Waals surface area contributed by atoms with Crippen LogP contribution in [-0.4, -0.2) is 30.6 Å². The van der Waals surface area contributed by atoms with Crippen LogP contribution in [0.15, 0.2) is 42.5 Å². The van der Waals surface area contributed by atoms with Crippen LogP contribution in [0, 0.1) is 0 Å². The van der Waals surface area contributed by atoms with Crippen LogP contribution in [-0.2, 0) is 16.1 Å². The standard InChI is InChI=1S/C20H21N3O5/c1-12(2)22-19(25)20(26)23-15-6-4-3-5-14(15)18(24)21-10-13-7-8-16-17(9-13)28-11-27-16/h3-9,12H,10-11H2,1-2H3,(H,21,24)(H,22,25)(H,23,26). The summed E-state index contributed by atoms with van der Waals surface area (Å²) in [5.41, 5.74) is 1.36. The molecule has 3 rings (SSSR count). The van der Waals surface area contributed by atoms with E-state index in [9.17, 15) is 14.4 Å². The zero-order chi connectivity index (χ0) is 20.1. The summed E-state index contributed by atoms with van der Waals surface area (Å²) < 4.78 is 10.6. The lowest BCUT2D eigenvalue weighted by Gasteiger charge is -2.12. The second-order valence-electron chi connectivity index (χ2n) is 6.50. The Morgan fingerprint density at radius 3 is 2.54 bits per heavy atom. The van der Waals surface area contributed by atoms with Crippen molar-refractivity contribution in [2.45, 2.75) is 26.4 Å². The second kappa shape index (κ2) is 8.43. The van der Waals surface area contributed by atoms with Gasteiger partial charge >= 0.3 is 11.8 Å². The minimum atomic E-state index is -0.829. The van der Waals surface area contributed by atoms with E-state index in [0.717, 1.165) is 5.56 Å². The zero-order valence-corrected chi connectivity index (χ0v) is 15.6. The molecule has 2 aromatic rings. The number of anilines is 1. The number of hydrogen-bond acceptors (Lipinski definition) is 5. The molecule has 0 radical (unpaired) electrons. The normalized spacial score (nSPS) is 11.8. The Labute approximate surface area is 162 Å². The number of nitrogens with one attached hydrogen (secondary N) is 3. The van der Waals surface area contributed by atoms with Crippen LogP contribution in [0.2, 0.25) is 0 Å². The minimum absolute atomic E-state index is 0.168. The van der Waals surface area contributed by atoms with Gasteiger partial charge in [0.1, 0.15) is 0 Å². The van der Waals surface area contributed by atoms with Crippen LogP contribution in [0.25, 0.3) is 0 Å². The third-order valence-electron chi connectivity index (χ3n) is 3.94. The number of carbonyl (C=O) groups excluding carboxylic acids is 3. The molecular weight excluding hydrogens is 362 g/mol.